The van der Waals surface area contributed by atoms with Crippen LogP contribution in [0.2, 0.25) is 0 Å². The second kappa shape index (κ2) is 7.14. The number of allylic oxidation sites excluding steroid dienone is 1. The molecule has 0 saturated carbocycles. The number of methoxy groups -OCH3 is 1. The fourth-order valence-electron chi connectivity index (χ4n) is 1.46. The van der Waals surface area contributed by atoms with Gasteiger partial charge in [-0.3, -0.25) is 0 Å². The van der Waals surface area contributed by atoms with Crippen LogP contribution in [0.4, 0.5) is 0 Å². The van der Waals surface area contributed by atoms with Gasteiger partial charge in [0.05, 0.1) is 7.11 Å². The van der Waals surface area contributed by atoms with Gasteiger partial charge >= 0.3 is 0 Å². The Morgan fingerprint density at radius 1 is 1.56 bits per heavy atom. The number of hydrogen-bond donors (Lipinski definition) is 2. The summed E-state index contributed by atoms with van der Waals surface area (Å²) in [6, 6.07) is 4.90. The van der Waals surface area contributed by atoms with E-state index in [9.17, 15) is 5.11 Å². The third kappa shape index (κ3) is 3.76. The smallest absolute Gasteiger partial charge is 0.127 e. The molecule has 0 radical (unpaired) electrons. The van der Waals surface area contributed by atoms with Crippen LogP contribution in [0.15, 0.2) is 30.9 Å². The number of ether oxygens (including phenoxy) is 1. The molecule has 0 fully saturated rings. The van der Waals surface area contributed by atoms with Crippen LogP contribution in [0.5, 0.6) is 11.5 Å². The lowest BCUT2D eigenvalue weighted by atomic mass is 10.0. The molecule has 1 aromatic carbocycles. The number of halogens is 1. The summed E-state index contributed by atoms with van der Waals surface area (Å²) in [7, 11) is 1.57. The van der Waals surface area contributed by atoms with Crippen molar-refractivity contribution in [3.8, 4) is 11.5 Å². The van der Waals surface area contributed by atoms with Gasteiger partial charge in [-0.25, -0.2) is 0 Å². The Labute approximate surface area is 102 Å². The van der Waals surface area contributed by atoms with Crippen LogP contribution in [0, 0.1) is 0 Å². The van der Waals surface area contributed by atoms with Gasteiger partial charge in [-0.05, 0) is 18.9 Å². The highest BCUT2D eigenvalue weighted by molar-refractivity contribution is 5.85. The van der Waals surface area contributed by atoms with E-state index in [2.05, 4.69) is 6.58 Å². The summed E-state index contributed by atoms with van der Waals surface area (Å²) >= 11 is 0. The van der Waals surface area contributed by atoms with E-state index in [-0.39, 0.29) is 24.2 Å². The Morgan fingerprint density at radius 2 is 2.25 bits per heavy atom. The lowest BCUT2D eigenvalue weighted by Crippen LogP contribution is -2.11. The lowest BCUT2D eigenvalue weighted by molar-refractivity contribution is 0.397. The van der Waals surface area contributed by atoms with Gasteiger partial charge in [0, 0.05) is 17.7 Å². The standard InChI is InChI=1S/C12H17NO2.ClH/c1-3-4-5-11(13)10-7-6-9(14)8-12(10)15-2;/h3,6-8,11,14H,1,4-5,13H2,2H3;1H/t11-;/m0./s1. The average Bonchev–Trinajstić information content (AvgIpc) is 2.25. The SMILES string of the molecule is C=CCC[C@H](N)c1ccc(O)cc1OC.Cl. The molecule has 1 rings (SSSR count). The van der Waals surface area contributed by atoms with Gasteiger partial charge in [0.25, 0.3) is 0 Å². The maximum Gasteiger partial charge on any atom is 0.127 e. The van der Waals surface area contributed by atoms with Gasteiger partial charge in [-0.1, -0.05) is 12.1 Å². The summed E-state index contributed by atoms with van der Waals surface area (Å²) in [6.45, 7) is 3.66. The maximum absolute atomic E-state index is 9.29. The molecule has 0 unspecified atom stereocenters. The highest BCUT2D eigenvalue weighted by Crippen LogP contribution is 2.29. The van der Waals surface area contributed by atoms with Crippen LogP contribution in [0.25, 0.3) is 0 Å². The van der Waals surface area contributed by atoms with Crippen molar-refractivity contribution in [2.75, 3.05) is 7.11 Å². The fraction of sp³-hybridized carbons (Fsp3) is 0.333. The number of rotatable bonds is 5. The van der Waals surface area contributed by atoms with Crippen molar-refractivity contribution in [1.29, 1.82) is 0 Å². The molecule has 0 saturated heterocycles. The Balaban J connectivity index is 0.00000225. The summed E-state index contributed by atoms with van der Waals surface area (Å²) in [6.07, 6.45) is 3.53. The monoisotopic (exact) mass is 243 g/mol. The molecule has 16 heavy (non-hydrogen) atoms. The van der Waals surface area contributed by atoms with Gasteiger partial charge in [0.2, 0.25) is 0 Å². The van der Waals surface area contributed by atoms with Crippen molar-refractivity contribution in [3.05, 3.63) is 36.4 Å². The van der Waals surface area contributed by atoms with E-state index >= 15 is 0 Å². The molecule has 0 aliphatic rings. The first-order chi connectivity index (χ1) is 7.19. The second-order valence-electron chi connectivity index (χ2n) is 3.40. The van der Waals surface area contributed by atoms with Gasteiger partial charge in [0.1, 0.15) is 11.5 Å². The zero-order valence-corrected chi connectivity index (χ0v) is 10.2. The molecular formula is C12H18ClNO2. The molecule has 90 valence electrons. The number of benzene rings is 1. The predicted octanol–water partition coefficient (Wildman–Crippen LogP) is 2.79. The van der Waals surface area contributed by atoms with Crippen molar-refractivity contribution in [2.45, 2.75) is 18.9 Å². The molecule has 1 aromatic rings. The third-order valence-corrected chi connectivity index (χ3v) is 2.30. The lowest BCUT2D eigenvalue weighted by Gasteiger charge is -2.15. The van der Waals surface area contributed by atoms with Crippen molar-refractivity contribution in [3.63, 3.8) is 0 Å². The highest BCUT2D eigenvalue weighted by atomic mass is 35.5. The van der Waals surface area contributed by atoms with E-state index in [0.29, 0.717) is 5.75 Å². The number of nitrogens with two attached hydrogens (primary N) is 1. The number of hydrogen-bond acceptors (Lipinski definition) is 3. The second-order valence-corrected chi connectivity index (χ2v) is 3.40. The zero-order valence-electron chi connectivity index (χ0n) is 9.35. The molecule has 3 nitrogen and oxygen atoms in total. The number of aromatic hydroxyl groups is 1. The van der Waals surface area contributed by atoms with E-state index in [4.69, 9.17) is 10.5 Å². The van der Waals surface area contributed by atoms with E-state index in [1.165, 1.54) is 0 Å². The van der Waals surface area contributed by atoms with E-state index < -0.39 is 0 Å². The molecular weight excluding hydrogens is 226 g/mol. The summed E-state index contributed by atoms with van der Waals surface area (Å²) in [5.41, 5.74) is 6.91. The molecule has 0 heterocycles. The number of phenols is 1. The van der Waals surface area contributed by atoms with Gasteiger partial charge in [-0.15, -0.1) is 19.0 Å². The summed E-state index contributed by atoms with van der Waals surface area (Å²) < 4.78 is 5.16. The first kappa shape index (κ1) is 14.8. The number of phenolic OH excluding ortho intramolecular Hbond substituents is 1. The first-order valence-corrected chi connectivity index (χ1v) is 4.92. The maximum atomic E-state index is 9.29. The third-order valence-electron chi connectivity index (χ3n) is 2.30. The fourth-order valence-corrected chi connectivity index (χ4v) is 1.46. The summed E-state index contributed by atoms with van der Waals surface area (Å²) in [4.78, 5) is 0. The molecule has 0 aliphatic carbocycles. The predicted molar refractivity (Wildman–Crippen MR) is 68.3 cm³/mol. The normalized spacial score (nSPS) is 11.4. The molecule has 0 aromatic heterocycles. The quantitative estimate of drug-likeness (QED) is 0.782. The van der Waals surface area contributed by atoms with Crippen LogP contribution in [0.3, 0.4) is 0 Å². The molecule has 0 spiro atoms. The van der Waals surface area contributed by atoms with Gasteiger partial charge < -0.3 is 15.6 Å². The van der Waals surface area contributed by atoms with Crippen molar-refractivity contribution >= 4 is 12.4 Å². The van der Waals surface area contributed by atoms with E-state index in [1.807, 2.05) is 6.08 Å². The van der Waals surface area contributed by atoms with Crippen LogP contribution < -0.4 is 10.5 Å². The van der Waals surface area contributed by atoms with Crippen molar-refractivity contribution in [2.24, 2.45) is 5.73 Å². The molecule has 3 N–H and O–H groups in total. The van der Waals surface area contributed by atoms with Crippen LogP contribution >= 0.6 is 12.4 Å². The molecule has 1 atom stereocenters. The van der Waals surface area contributed by atoms with Crippen LogP contribution in [0.1, 0.15) is 24.4 Å². The zero-order chi connectivity index (χ0) is 11.3. The Morgan fingerprint density at radius 3 is 2.81 bits per heavy atom. The topological polar surface area (TPSA) is 55.5 Å². The molecule has 4 heteroatoms. The molecule has 0 bridgehead atoms. The minimum absolute atomic E-state index is 0. The van der Waals surface area contributed by atoms with E-state index in [1.54, 1.807) is 25.3 Å². The minimum atomic E-state index is -0.0847. The summed E-state index contributed by atoms with van der Waals surface area (Å²) in [5.74, 6) is 0.818. The Bertz CT molecular complexity index is 342. The van der Waals surface area contributed by atoms with Crippen molar-refractivity contribution in [1.82, 2.24) is 0 Å². The van der Waals surface area contributed by atoms with Gasteiger partial charge in [0.15, 0.2) is 0 Å². The van der Waals surface area contributed by atoms with Crippen LogP contribution in [-0.4, -0.2) is 12.2 Å². The first-order valence-electron chi connectivity index (χ1n) is 4.92. The minimum Gasteiger partial charge on any atom is -0.508 e. The molecule has 0 aliphatic heterocycles. The van der Waals surface area contributed by atoms with Gasteiger partial charge in [-0.2, -0.15) is 0 Å². The Kier molecular flexibility index (Phi) is 6.61. The van der Waals surface area contributed by atoms with Crippen molar-refractivity contribution < 1.29 is 9.84 Å². The highest BCUT2D eigenvalue weighted by Gasteiger charge is 2.11. The van der Waals surface area contributed by atoms with E-state index in [0.717, 1.165) is 18.4 Å². The van der Waals surface area contributed by atoms with Crippen LogP contribution in [-0.2, 0) is 0 Å². The summed E-state index contributed by atoms with van der Waals surface area (Å²) in [5, 5.41) is 9.29. The average molecular weight is 244 g/mol. The molecule has 0 amide bonds. The Hall–Kier alpha value is -1.19. The largest absolute Gasteiger partial charge is 0.508 e.